The molecule has 0 aromatic rings. The van der Waals surface area contributed by atoms with Crippen molar-refractivity contribution in [1.82, 2.24) is 0 Å². The van der Waals surface area contributed by atoms with Gasteiger partial charge in [-0.15, -0.1) is 0 Å². The maximum Gasteiger partial charge on any atom is -0.00882 e. The van der Waals surface area contributed by atoms with Crippen LogP contribution in [0.3, 0.4) is 0 Å². The van der Waals surface area contributed by atoms with Gasteiger partial charge in [0, 0.05) is 0 Å². The first-order valence-corrected chi connectivity index (χ1v) is 4.43. The molecule has 0 amide bonds. The fourth-order valence-corrected chi connectivity index (χ4v) is 1.70. The van der Waals surface area contributed by atoms with Crippen molar-refractivity contribution < 1.29 is 0 Å². The Morgan fingerprint density at radius 1 is 1.27 bits per heavy atom. The highest BCUT2D eigenvalue weighted by molar-refractivity contribution is 5.41. The van der Waals surface area contributed by atoms with Crippen LogP contribution < -0.4 is 0 Å². The molecule has 0 fully saturated rings. The Kier molecular flexibility index (Phi) is 1.93. The molecule has 2 aliphatic rings. The van der Waals surface area contributed by atoms with E-state index in [1.807, 2.05) is 0 Å². The number of fused-ring (bicyclic) bond motifs is 1. The lowest BCUT2D eigenvalue weighted by molar-refractivity contribution is 0.762. The lowest BCUT2D eigenvalue weighted by atomic mass is 9.97. The highest BCUT2D eigenvalue weighted by Crippen LogP contribution is 2.26. The molecule has 0 aromatic heterocycles. The van der Waals surface area contributed by atoms with Gasteiger partial charge in [0.1, 0.15) is 0 Å². The van der Waals surface area contributed by atoms with Gasteiger partial charge in [-0.05, 0) is 49.3 Å². The Labute approximate surface area is 68.3 Å². The quantitative estimate of drug-likeness (QED) is 0.491. The summed E-state index contributed by atoms with van der Waals surface area (Å²) in [5, 5.41) is 0. The normalized spacial score (nSPS) is 23.3. The van der Waals surface area contributed by atoms with Crippen LogP contribution in [-0.4, -0.2) is 0 Å². The van der Waals surface area contributed by atoms with E-state index in [4.69, 9.17) is 0 Å². The molecule has 0 saturated carbocycles. The van der Waals surface area contributed by atoms with Crippen molar-refractivity contribution in [1.29, 1.82) is 0 Å². The van der Waals surface area contributed by atoms with Gasteiger partial charge >= 0.3 is 0 Å². The zero-order valence-corrected chi connectivity index (χ0v) is 6.77. The zero-order chi connectivity index (χ0) is 7.52. The molecular formula is C11H13. The Morgan fingerprint density at radius 3 is 3.27 bits per heavy atom. The van der Waals surface area contributed by atoms with Gasteiger partial charge in [-0.25, -0.2) is 0 Å². The van der Waals surface area contributed by atoms with Crippen LogP contribution in [0.2, 0.25) is 0 Å². The van der Waals surface area contributed by atoms with Crippen molar-refractivity contribution in [3.8, 4) is 0 Å². The molecule has 0 saturated heterocycles. The van der Waals surface area contributed by atoms with Crippen LogP contribution in [0.4, 0.5) is 0 Å². The van der Waals surface area contributed by atoms with E-state index in [0.717, 1.165) is 6.42 Å². The molecule has 0 unspecified atom stereocenters. The maximum atomic E-state index is 3.42. The Balaban J connectivity index is 2.26. The third kappa shape index (κ3) is 1.45. The van der Waals surface area contributed by atoms with E-state index in [1.54, 1.807) is 0 Å². The summed E-state index contributed by atoms with van der Waals surface area (Å²) in [6.45, 7) is 0. The Bertz CT molecular complexity index is 228. The molecule has 0 aliphatic heterocycles. The van der Waals surface area contributed by atoms with Gasteiger partial charge in [-0.2, -0.15) is 0 Å². The molecule has 57 valence electrons. The SMILES string of the molecule is [C]1=C2CCCCC=C2C=CC1. The minimum absolute atomic E-state index is 1.02. The monoisotopic (exact) mass is 145 g/mol. The molecule has 2 rings (SSSR count). The molecular weight excluding hydrogens is 132 g/mol. The number of allylic oxidation sites excluding steroid dienone is 6. The van der Waals surface area contributed by atoms with Gasteiger partial charge in [0.05, 0.1) is 0 Å². The summed E-state index contributed by atoms with van der Waals surface area (Å²) in [6, 6.07) is 0. The van der Waals surface area contributed by atoms with E-state index in [9.17, 15) is 0 Å². The summed E-state index contributed by atoms with van der Waals surface area (Å²) >= 11 is 0. The van der Waals surface area contributed by atoms with Crippen molar-refractivity contribution in [3.05, 3.63) is 35.5 Å². The third-order valence-electron chi connectivity index (χ3n) is 2.32. The molecule has 0 heterocycles. The van der Waals surface area contributed by atoms with Gasteiger partial charge in [0.25, 0.3) is 0 Å². The minimum Gasteiger partial charge on any atom is -0.0795 e. The zero-order valence-electron chi connectivity index (χ0n) is 6.77. The Hall–Kier alpha value is -0.780. The fourth-order valence-electron chi connectivity index (χ4n) is 1.70. The first-order chi connectivity index (χ1) is 5.47. The lowest BCUT2D eigenvalue weighted by Gasteiger charge is -2.08. The van der Waals surface area contributed by atoms with Crippen molar-refractivity contribution in [2.75, 3.05) is 0 Å². The number of hydrogen-bond acceptors (Lipinski definition) is 0. The van der Waals surface area contributed by atoms with Crippen LogP contribution in [0.1, 0.15) is 32.1 Å². The van der Waals surface area contributed by atoms with E-state index in [0.29, 0.717) is 0 Å². The molecule has 0 heteroatoms. The van der Waals surface area contributed by atoms with Gasteiger partial charge < -0.3 is 0 Å². The first kappa shape index (κ1) is 6.90. The predicted octanol–water partition coefficient (Wildman–Crippen LogP) is 3.18. The van der Waals surface area contributed by atoms with Crippen molar-refractivity contribution >= 4 is 0 Å². The molecule has 1 radical (unpaired) electrons. The first-order valence-electron chi connectivity index (χ1n) is 4.43. The number of hydrogen-bond donors (Lipinski definition) is 0. The molecule has 0 nitrogen and oxygen atoms in total. The van der Waals surface area contributed by atoms with E-state index in [-0.39, 0.29) is 0 Å². The highest BCUT2D eigenvalue weighted by atomic mass is 14.1. The molecule has 0 aromatic carbocycles. The number of rotatable bonds is 0. The summed E-state index contributed by atoms with van der Waals surface area (Å²) in [7, 11) is 0. The summed E-state index contributed by atoms with van der Waals surface area (Å²) in [6.07, 6.45) is 16.4. The van der Waals surface area contributed by atoms with Gasteiger partial charge in [-0.1, -0.05) is 18.2 Å². The predicted molar refractivity (Wildman–Crippen MR) is 47.1 cm³/mol. The maximum absolute atomic E-state index is 3.42. The van der Waals surface area contributed by atoms with Crippen LogP contribution in [0.25, 0.3) is 0 Å². The van der Waals surface area contributed by atoms with Gasteiger partial charge in [0.2, 0.25) is 0 Å². The lowest BCUT2D eigenvalue weighted by Crippen LogP contribution is -1.89. The summed E-state index contributed by atoms with van der Waals surface area (Å²) in [5.41, 5.74) is 2.90. The highest BCUT2D eigenvalue weighted by Gasteiger charge is 2.07. The Morgan fingerprint density at radius 2 is 2.27 bits per heavy atom. The molecule has 0 bridgehead atoms. The fraction of sp³-hybridized carbons (Fsp3) is 0.455. The van der Waals surface area contributed by atoms with E-state index < -0.39 is 0 Å². The molecule has 11 heavy (non-hydrogen) atoms. The second-order valence-corrected chi connectivity index (χ2v) is 3.17. The third-order valence-corrected chi connectivity index (χ3v) is 2.32. The van der Waals surface area contributed by atoms with Crippen LogP contribution >= 0.6 is 0 Å². The van der Waals surface area contributed by atoms with Crippen LogP contribution in [0, 0.1) is 6.08 Å². The molecule has 2 aliphatic carbocycles. The van der Waals surface area contributed by atoms with Gasteiger partial charge in [0.15, 0.2) is 0 Å². The summed E-state index contributed by atoms with van der Waals surface area (Å²) in [5.74, 6) is 0. The molecule has 0 spiro atoms. The second-order valence-electron chi connectivity index (χ2n) is 3.17. The minimum atomic E-state index is 1.02. The van der Waals surface area contributed by atoms with E-state index in [2.05, 4.69) is 24.3 Å². The average Bonchev–Trinajstić information content (AvgIpc) is 2.28. The topological polar surface area (TPSA) is 0 Å². The van der Waals surface area contributed by atoms with Crippen molar-refractivity contribution in [2.45, 2.75) is 32.1 Å². The van der Waals surface area contributed by atoms with Crippen molar-refractivity contribution in [2.24, 2.45) is 0 Å². The van der Waals surface area contributed by atoms with E-state index >= 15 is 0 Å². The van der Waals surface area contributed by atoms with E-state index in [1.165, 1.54) is 36.8 Å². The molecule has 0 atom stereocenters. The van der Waals surface area contributed by atoms with Crippen LogP contribution in [0.5, 0.6) is 0 Å². The van der Waals surface area contributed by atoms with Crippen molar-refractivity contribution in [3.63, 3.8) is 0 Å². The standard InChI is InChI=1S/C11H13/c1-2-6-10-8-4-5-9-11(10)7-3-1/h4,6,8H,1-3,5,7H2. The van der Waals surface area contributed by atoms with Gasteiger partial charge in [-0.3, -0.25) is 0 Å². The summed E-state index contributed by atoms with van der Waals surface area (Å²) in [4.78, 5) is 0. The summed E-state index contributed by atoms with van der Waals surface area (Å²) < 4.78 is 0. The second kappa shape index (κ2) is 3.08. The van der Waals surface area contributed by atoms with Crippen LogP contribution in [0.15, 0.2) is 29.4 Å². The largest absolute Gasteiger partial charge is 0.0795 e. The molecule has 0 N–H and O–H groups in total. The van der Waals surface area contributed by atoms with Crippen LogP contribution in [-0.2, 0) is 0 Å². The average molecular weight is 145 g/mol. The smallest absolute Gasteiger partial charge is 0.00882 e.